The molecule has 0 saturated carbocycles. The van der Waals surface area contributed by atoms with Crippen LogP contribution in [0.5, 0.6) is 0 Å². The maximum Gasteiger partial charge on any atom is 0.265 e. The maximum absolute atomic E-state index is 10.8. The lowest BCUT2D eigenvalue weighted by Gasteiger charge is -2.13. The second-order valence-electron chi connectivity index (χ2n) is 2.94. The van der Waals surface area contributed by atoms with Crippen LogP contribution in [0.25, 0.3) is 0 Å². The van der Waals surface area contributed by atoms with Gasteiger partial charge in [-0.2, -0.15) is 0 Å². The minimum Gasteiger partial charge on any atom is -0.411 e. The molecule has 5 heteroatoms. The van der Waals surface area contributed by atoms with Gasteiger partial charge < -0.3 is 15.4 Å². The van der Waals surface area contributed by atoms with Crippen molar-refractivity contribution < 1.29 is 10.0 Å². The highest BCUT2D eigenvalue weighted by molar-refractivity contribution is 6.25. The molecule has 0 atom stereocenters. The number of oxime groups is 1. The highest BCUT2D eigenvalue weighted by atomic mass is 16.4. The van der Waals surface area contributed by atoms with Gasteiger partial charge in [-0.05, 0) is 20.0 Å². The summed E-state index contributed by atoms with van der Waals surface area (Å²) in [5.41, 5.74) is 0. The number of nitrogens with one attached hydrogen (secondary N) is 1. The summed E-state index contributed by atoms with van der Waals surface area (Å²) >= 11 is 0. The van der Waals surface area contributed by atoms with E-state index in [1.54, 1.807) is 0 Å². The summed E-state index contributed by atoms with van der Waals surface area (Å²) in [6.07, 6.45) is 3.53. The number of carbonyl (C=O) groups is 1. The smallest absolute Gasteiger partial charge is 0.265 e. The minimum absolute atomic E-state index is 0.376. The van der Waals surface area contributed by atoms with Gasteiger partial charge in [0.2, 0.25) is 0 Å². The first-order valence-corrected chi connectivity index (χ1v) is 4.45. The van der Waals surface area contributed by atoms with E-state index in [4.69, 9.17) is 5.21 Å². The zero-order chi connectivity index (χ0) is 10.8. The number of carbonyl (C=O) groups excluding carboxylic acids is 1. The molecule has 0 bridgehead atoms. The van der Waals surface area contributed by atoms with Gasteiger partial charge in [-0.1, -0.05) is 11.2 Å². The van der Waals surface area contributed by atoms with Crippen molar-refractivity contribution in [1.82, 2.24) is 10.2 Å². The second kappa shape index (κ2) is 8.25. The number of nitrogens with zero attached hydrogens (tertiary/aromatic N) is 2. The van der Waals surface area contributed by atoms with Crippen LogP contribution in [0, 0.1) is 0 Å². The van der Waals surface area contributed by atoms with E-state index in [0.717, 1.165) is 25.7 Å². The first-order chi connectivity index (χ1) is 6.70. The SMILES string of the molecule is C=CCN(C)CCCNC(=O)/C=N/O. The van der Waals surface area contributed by atoms with Gasteiger partial charge in [-0.25, -0.2) is 0 Å². The van der Waals surface area contributed by atoms with Gasteiger partial charge in [0.05, 0.1) is 0 Å². The van der Waals surface area contributed by atoms with Crippen molar-refractivity contribution in [2.45, 2.75) is 6.42 Å². The number of likely N-dealkylation sites (N-methyl/N-ethyl adjacent to an activating group) is 1. The summed E-state index contributed by atoms with van der Waals surface area (Å²) in [6, 6.07) is 0. The Bertz CT molecular complexity index is 204. The fourth-order valence-corrected chi connectivity index (χ4v) is 0.970. The van der Waals surface area contributed by atoms with Crippen molar-refractivity contribution in [1.29, 1.82) is 0 Å². The molecule has 2 N–H and O–H groups in total. The van der Waals surface area contributed by atoms with Gasteiger partial charge >= 0.3 is 0 Å². The van der Waals surface area contributed by atoms with Crippen molar-refractivity contribution in [2.75, 3.05) is 26.7 Å². The van der Waals surface area contributed by atoms with Crippen molar-refractivity contribution >= 4 is 12.1 Å². The third-order valence-corrected chi connectivity index (χ3v) is 1.63. The molecule has 14 heavy (non-hydrogen) atoms. The minimum atomic E-state index is -0.376. The Labute approximate surface area is 84.1 Å². The Morgan fingerprint density at radius 2 is 2.43 bits per heavy atom. The molecule has 0 aliphatic carbocycles. The molecule has 0 aliphatic heterocycles. The van der Waals surface area contributed by atoms with Gasteiger partial charge in [-0.3, -0.25) is 4.79 Å². The normalized spacial score (nSPS) is 10.7. The van der Waals surface area contributed by atoms with Gasteiger partial charge in [0.15, 0.2) is 0 Å². The van der Waals surface area contributed by atoms with E-state index in [0.29, 0.717) is 6.54 Å². The number of rotatable bonds is 7. The van der Waals surface area contributed by atoms with Crippen molar-refractivity contribution in [3.63, 3.8) is 0 Å². The van der Waals surface area contributed by atoms with Crippen LogP contribution in [0.4, 0.5) is 0 Å². The van der Waals surface area contributed by atoms with E-state index in [2.05, 4.69) is 22.0 Å². The van der Waals surface area contributed by atoms with E-state index in [1.165, 1.54) is 0 Å². The first kappa shape index (κ1) is 12.6. The molecule has 0 rings (SSSR count). The number of amides is 1. The molecule has 0 radical (unpaired) electrons. The fourth-order valence-electron chi connectivity index (χ4n) is 0.970. The number of hydrogen-bond donors (Lipinski definition) is 2. The summed E-state index contributed by atoms with van der Waals surface area (Å²) in [7, 11) is 1.98. The molecule has 0 saturated heterocycles. The van der Waals surface area contributed by atoms with E-state index >= 15 is 0 Å². The monoisotopic (exact) mass is 199 g/mol. The highest BCUT2D eigenvalue weighted by Crippen LogP contribution is 1.85. The van der Waals surface area contributed by atoms with Gasteiger partial charge in [-0.15, -0.1) is 6.58 Å². The molecule has 0 unspecified atom stereocenters. The van der Waals surface area contributed by atoms with E-state index in [1.807, 2.05) is 13.1 Å². The third kappa shape index (κ3) is 7.30. The fraction of sp³-hybridized carbons (Fsp3) is 0.556. The van der Waals surface area contributed by atoms with Gasteiger partial charge in [0.25, 0.3) is 5.91 Å². The van der Waals surface area contributed by atoms with E-state index in [-0.39, 0.29) is 5.91 Å². The Balaban J connectivity index is 3.37. The summed E-state index contributed by atoms with van der Waals surface area (Å²) in [5.74, 6) is -0.376. The van der Waals surface area contributed by atoms with Crippen LogP contribution in [-0.2, 0) is 4.79 Å². The van der Waals surface area contributed by atoms with E-state index < -0.39 is 0 Å². The topological polar surface area (TPSA) is 64.9 Å². The molecule has 1 amide bonds. The molecular weight excluding hydrogens is 182 g/mol. The quantitative estimate of drug-likeness (QED) is 0.200. The lowest BCUT2D eigenvalue weighted by atomic mass is 10.4. The van der Waals surface area contributed by atoms with Gasteiger partial charge in [0.1, 0.15) is 6.21 Å². The predicted molar refractivity (Wildman–Crippen MR) is 55.6 cm³/mol. The highest BCUT2D eigenvalue weighted by Gasteiger charge is 1.97. The molecule has 5 nitrogen and oxygen atoms in total. The van der Waals surface area contributed by atoms with Crippen LogP contribution in [0.2, 0.25) is 0 Å². The second-order valence-corrected chi connectivity index (χ2v) is 2.94. The lowest BCUT2D eigenvalue weighted by Crippen LogP contribution is -2.28. The molecule has 0 spiro atoms. The largest absolute Gasteiger partial charge is 0.411 e. The number of hydrogen-bond acceptors (Lipinski definition) is 4. The van der Waals surface area contributed by atoms with Crippen LogP contribution in [0.15, 0.2) is 17.8 Å². The van der Waals surface area contributed by atoms with Crippen LogP contribution in [0.3, 0.4) is 0 Å². The molecule has 80 valence electrons. The summed E-state index contributed by atoms with van der Waals surface area (Å²) in [6.45, 7) is 5.93. The van der Waals surface area contributed by atoms with Crippen LogP contribution in [-0.4, -0.2) is 48.9 Å². The predicted octanol–water partition coefficient (Wildman–Crippen LogP) is 0.0705. The van der Waals surface area contributed by atoms with Crippen LogP contribution in [0.1, 0.15) is 6.42 Å². The summed E-state index contributed by atoms with van der Waals surface area (Å²) in [5, 5.41) is 13.2. The Morgan fingerprint density at radius 1 is 1.71 bits per heavy atom. The molecule has 0 aromatic rings. The van der Waals surface area contributed by atoms with Crippen molar-refractivity contribution in [3.8, 4) is 0 Å². The zero-order valence-corrected chi connectivity index (χ0v) is 8.44. The standard InChI is InChI=1S/C9H17N3O2/c1-3-6-12(2)7-4-5-10-9(13)8-11-14/h3,8,14H,1,4-7H2,2H3,(H,10,13)/b11-8+. The molecular formula is C9H17N3O2. The van der Waals surface area contributed by atoms with Crippen molar-refractivity contribution in [3.05, 3.63) is 12.7 Å². The Kier molecular flexibility index (Phi) is 7.45. The van der Waals surface area contributed by atoms with Crippen LogP contribution < -0.4 is 5.32 Å². The molecule has 0 aromatic carbocycles. The Hall–Kier alpha value is -1.36. The first-order valence-electron chi connectivity index (χ1n) is 4.45. The lowest BCUT2D eigenvalue weighted by molar-refractivity contribution is -0.114. The average molecular weight is 199 g/mol. The van der Waals surface area contributed by atoms with Crippen molar-refractivity contribution in [2.24, 2.45) is 5.16 Å². The summed E-state index contributed by atoms with van der Waals surface area (Å²) < 4.78 is 0. The summed E-state index contributed by atoms with van der Waals surface area (Å²) in [4.78, 5) is 12.9. The Morgan fingerprint density at radius 3 is 3.00 bits per heavy atom. The third-order valence-electron chi connectivity index (χ3n) is 1.63. The van der Waals surface area contributed by atoms with Crippen LogP contribution >= 0.6 is 0 Å². The molecule has 0 heterocycles. The molecule has 0 aliphatic rings. The maximum atomic E-state index is 10.8. The molecule has 0 fully saturated rings. The average Bonchev–Trinajstić information content (AvgIpc) is 2.13. The molecule has 0 aromatic heterocycles. The van der Waals surface area contributed by atoms with E-state index in [9.17, 15) is 4.79 Å². The zero-order valence-electron chi connectivity index (χ0n) is 8.44. The van der Waals surface area contributed by atoms with Gasteiger partial charge in [0, 0.05) is 13.1 Å².